The van der Waals surface area contributed by atoms with E-state index in [4.69, 9.17) is 0 Å². The molecule has 0 radical (unpaired) electrons. The van der Waals surface area contributed by atoms with Gasteiger partial charge in [0.2, 0.25) is 0 Å². The lowest BCUT2D eigenvalue weighted by molar-refractivity contribution is 1.19. The van der Waals surface area contributed by atoms with E-state index in [0.717, 1.165) is 22.0 Å². The summed E-state index contributed by atoms with van der Waals surface area (Å²) in [5, 5.41) is 29.4. The summed E-state index contributed by atoms with van der Waals surface area (Å²) in [5.41, 5.74) is 9.02. The van der Waals surface area contributed by atoms with Gasteiger partial charge in [0.1, 0.15) is 0 Å². The van der Waals surface area contributed by atoms with Crippen LogP contribution in [0, 0.1) is 11.3 Å². The first-order chi connectivity index (χ1) is 30.3. The molecule has 2 heteroatoms. The van der Waals surface area contributed by atoms with Gasteiger partial charge in [0, 0.05) is 32.6 Å². The lowest BCUT2D eigenvalue weighted by atomic mass is 9.83. The fraction of sp³-hybridized carbons (Fsp3) is 0. The van der Waals surface area contributed by atoms with Crippen molar-refractivity contribution < 1.29 is 0 Å². The van der Waals surface area contributed by atoms with Gasteiger partial charge in [0.05, 0.1) is 22.7 Å². The highest BCUT2D eigenvalue weighted by molar-refractivity contribution is 6.37. The molecule has 13 aromatic rings. The molecule has 61 heavy (non-hydrogen) atoms. The lowest BCUT2D eigenvalue weighted by Gasteiger charge is -2.20. The van der Waals surface area contributed by atoms with Crippen molar-refractivity contribution in [2.45, 2.75) is 0 Å². The summed E-state index contributed by atoms with van der Waals surface area (Å²) in [6, 6.07) is 77.6. The zero-order valence-electron chi connectivity index (χ0n) is 33.0. The zero-order chi connectivity index (χ0) is 40.2. The Morgan fingerprint density at radius 1 is 0.344 bits per heavy atom. The molecule has 0 unspecified atom stereocenters. The molecule has 0 atom stereocenters. The van der Waals surface area contributed by atoms with Gasteiger partial charge >= 0.3 is 0 Å². The third-order valence-corrected chi connectivity index (χ3v) is 13.2. The molecule has 2 nitrogen and oxygen atoms in total. The second-order valence-corrected chi connectivity index (χ2v) is 16.2. The van der Waals surface area contributed by atoms with E-state index in [1.165, 1.54) is 103 Å². The number of hydrogen-bond acceptors (Lipinski definition) is 1. The highest BCUT2D eigenvalue weighted by Gasteiger charge is 2.22. The van der Waals surface area contributed by atoms with E-state index in [2.05, 4.69) is 205 Å². The monoisotopic (exact) mass is 770 g/mol. The van der Waals surface area contributed by atoms with Crippen LogP contribution in [0.2, 0.25) is 0 Å². The Labute approximate surface area is 351 Å². The summed E-state index contributed by atoms with van der Waals surface area (Å²) in [5.74, 6) is 0. The number of para-hydroxylation sites is 1. The highest BCUT2D eigenvalue weighted by Crippen LogP contribution is 2.49. The van der Waals surface area contributed by atoms with Crippen molar-refractivity contribution >= 4 is 97.2 Å². The summed E-state index contributed by atoms with van der Waals surface area (Å²) in [6.07, 6.45) is 0. The van der Waals surface area contributed by atoms with E-state index in [-0.39, 0.29) is 0 Å². The molecule has 13 rings (SSSR count). The third-order valence-electron chi connectivity index (χ3n) is 13.2. The second kappa shape index (κ2) is 12.9. The Morgan fingerprint density at radius 3 is 1.59 bits per heavy atom. The topological polar surface area (TPSA) is 28.7 Å². The summed E-state index contributed by atoms with van der Waals surface area (Å²) < 4.78 is 2.47. The number of aromatic nitrogens is 1. The maximum atomic E-state index is 10.0. The van der Waals surface area contributed by atoms with Crippen molar-refractivity contribution in [2.75, 3.05) is 0 Å². The first-order valence-electron chi connectivity index (χ1n) is 20.9. The fourth-order valence-corrected chi connectivity index (χ4v) is 10.7. The fourth-order valence-electron chi connectivity index (χ4n) is 10.7. The molecule has 12 aromatic carbocycles. The normalized spacial score (nSPS) is 11.9. The Bertz CT molecular complexity index is 4000. The molecule has 0 spiro atoms. The Morgan fingerprint density at radius 2 is 0.885 bits per heavy atom. The van der Waals surface area contributed by atoms with E-state index in [1.807, 2.05) is 12.1 Å². The van der Waals surface area contributed by atoms with Gasteiger partial charge in [-0.05, 0) is 112 Å². The van der Waals surface area contributed by atoms with Crippen LogP contribution in [0.5, 0.6) is 0 Å². The summed E-state index contributed by atoms with van der Waals surface area (Å²) >= 11 is 0. The van der Waals surface area contributed by atoms with Gasteiger partial charge in [-0.3, -0.25) is 0 Å². The standard InChI is InChI=1S/C59H34N2/c60-35-38-28-30-49(42-19-7-6-17-40(38)42)56-47-24-12-10-22-45(47)55(46-23-11-13-25-48(46)56)37-27-29-51-53(34-37)44-21-9-8-20-43(44)50-32-33-54-58(57(50)51)52-31-26-36-14-4-5-18-41(36)59(52)61(54)39-15-2-1-3-16-39/h1-34H. The van der Waals surface area contributed by atoms with Gasteiger partial charge in [-0.15, -0.1) is 0 Å². The van der Waals surface area contributed by atoms with Crippen LogP contribution in [0.1, 0.15) is 5.56 Å². The number of nitrogens with zero attached hydrogens (tertiary/aromatic N) is 2. The van der Waals surface area contributed by atoms with Crippen LogP contribution < -0.4 is 0 Å². The molecule has 0 N–H and O–H groups in total. The van der Waals surface area contributed by atoms with Gasteiger partial charge in [-0.2, -0.15) is 5.26 Å². The number of rotatable bonds is 3. The van der Waals surface area contributed by atoms with Crippen molar-refractivity contribution in [3.63, 3.8) is 0 Å². The van der Waals surface area contributed by atoms with Gasteiger partial charge in [0.15, 0.2) is 0 Å². The Hall–Kier alpha value is -8.25. The molecular weight excluding hydrogens is 737 g/mol. The summed E-state index contributed by atoms with van der Waals surface area (Å²) in [4.78, 5) is 0. The molecule has 1 heterocycles. The minimum atomic E-state index is 0.691. The van der Waals surface area contributed by atoms with Gasteiger partial charge in [-0.25, -0.2) is 0 Å². The minimum Gasteiger partial charge on any atom is -0.309 e. The molecule has 1 aromatic heterocycles. The summed E-state index contributed by atoms with van der Waals surface area (Å²) in [6.45, 7) is 0. The molecule has 0 amide bonds. The molecule has 0 saturated heterocycles. The van der Waals surface area contributed by atoms with E-state index in [0.29, 0.717) is 5.56 Å². The predicted octanol–water partition coefficient (Wildman–Crippen LogP) is 16.1. The maximum Gasteiger partial charge on any atom is 0.0998 e. The predicted molar refractivity (Wildman–Crippen MR) is 259 cm³/mol. The largest absolute Gasteiger partial charge is 0.309 e. The van der Waals surface area contributed by atoms with Crippen LogP contribution in [-0.2, 0) is 0 Å². The van der Waals surface area contributed by atoms with Gasteiger partial charge < -0.3 is 4.57 Å². The quantitative estimate of drug-likeness (QED) is 0.130. The highest BCUT2D eigenvalue weighted by atomic mass is 15.0. The number of nitriles is 1. The molecule has 0 bridgehead atoms. The van der Waals surface area contributed by atoms with Crippen molar-refractivity contribution in [1.82, 2.24) is 4.57 Å². The molecule has 280 valence electrons. The Balaban J connectivity index is 1.16. The van der Waals surface area contributed by atoms with E-state index in [1.54, 1.807) is 0 Å². The van der Waals surface area contributed by atoms with E-state index in [9.17, 15) is 5.26 Å². The smallest absolute Gasteiger partial charge is 0.0998 e. The number of benzene rings is 12. The lowest BCUT2D eigenvalue weighted by Crippen LogP contribution is -1.94. The molecule has 0 aliphatic carbocycles. The number of fused-ring (bicyclic) bond motifs is 15. The minimum absolute atomic E-state index is 0.691. The van der Waals surface area contributed by atoms with Crippen LogP contribution in [0.3, 0.4) is 0 Å². The Kier molecular flexibility index (Phi) is 7.11. The van der Waals surface area contributed by atoms with Crippen LogP contribution in [0.4, 0.5) is 0 Å². The van der Waals surface area contributed by atoms with Crippen molar-refractivity contribution in [3.05, 3.63) is 212 Å². The average Bonchev–Trinajstić information content (AvgIpc) is 3.68. The maximum absolute atomic E-state index is 10.0. The number of hydrogen-bond donors (Lipinski definition) is 0. The first-order valence-corrected chi connectivity index (χ1v) is 20.9. The van der Waals surface area contributed by atoms with E-state index >= 15 is 0 Å². The molecule has 0 saturated carbocycles. The molecule has 0 aliphatic heterocycles. The molecular formula is C59H34N2. The second-order valence-electron chi connectivity index (χ2n) is 16.2. The van der Waals surface area contributed by atoms with Crippen molar-refractivity contribution in [1.29, 1.82) is 5.26 Å². The third kappa shape index (κ3) is 4.72. The van der Waals surface area contributed by atoms with Gasteiger partial charge in [-0.1, -0.05) is 176 Å². The first kappa shape index (κ1) is 33.7. The molecule has 0 fully saturated rings. The van der Waals surface area contributed by atoms with Crippen LogP contribution >= 0.6 is 0 Å². The van der Waals surface area contributed by atoms with Crippen molar-refractivity contribution in [3.8, 4) is 34.0 Å². The van der Waals surface area contributed by atoms with Crippen LogP contribution in [0.15, 0.2) is 206 Å². The van der Waals surface area contributed by atoms with Crippen LogP contribution in [-0.4, -0.2) is 4.57 Å². The van der Waals surface area contributed by atoms with E-state index < -0.39 is 0 Å². The molecule has 0 aliphatic rings. The SMILES string of the molecule is N#Cc1ccc(-c2c3ccccc3c(-c3ccc4c(c3)c3ccccc3c3ccc5c(c6ccc7ccccc7c6n5-c5ccccc5)c34)c3ccccc23)c2ccccc12. The zero-order valence-corrected chi connectivity index (χ0v) is 33.0. The van der Waals surface area contributed by atoms with Crippen LogP contribution in [0.25, 0.3) is 125 Å². The van der Waals surface area contributed by atoms with Crippen molar-refractivity contribution in [2.24, 2.45) is 0 Å². The summed E-state index contributed by atoms with van der Waals surface area (Å²) in [7, 11) is 0. The average molecular weight is 771 g/mol. The van der Waals surface area contributed by atoms with Gasteiger partial charge in [0.25, 0.3) is 0 Å².